The summed E-state index contributed by atoms with van der Waals surface area (Å²) in [6, 6.07) is 3.95. The predicted molar refractivity (Wildman–Crippen MR) is 55.7 cm³/mol. The van der Waals surface area contributed by atoms with Crippen molar-refractivity contribution in [1.82, 2.24) is 4.57 Å². The van der Waals surface area contributed by atoms with Crippen molar-refractivity contribution in [1.29, 1.82) is 0 Å². The molecule has 2 nitrogen and oxygen atoms in total. The molecule has 3 heteroatoms. The Morgan fingerprint density at radius 2 is 2.38 bits per heavy atom. The van der Waals surface area contributed by atoms with Crippen LogP contribution in [0.15, 0.2) is 18.3 Å². The van der Waals surface area contributed by atoms with Crippen molar-refractivity contribution in [2.45, 2.75) is 26.3 Å². The van der Waals surface area contributed by atoms with Crippen LogP contribution in [0.1, 0.15) is 36.7 Å². The van der Waals surface area contributed by atoms with Gasteiger partial charge in [-0.25, -0.2) is 0 Å². The molecule has 0 radical (unpaired) electrons. The Morgan fingerprint density at radius 3 is 2.92 bits per heavy atom. The third kappa shape index (κ3) is 2.04. The monoisotopic (exact) mass is 195 g/mol. The van der Waals surface area contributed by atoms with Crippen LogP contribution in [0.5, 0.6) is 0 Å². The zero-order valence-electron chi connectivity index (χ0n) is 7.86. The summed E-state index contributed by atoms with van der Waals surface area (Å²) in [6.45, 7) is 4.18. The molecule has 0 aliphatic rings. The maximum Gasteiger partial charge on any atom is 0.153 e. The quantitative estimate of drug-likeness (QED) is 0.546. The predicted octanol–water partition coefficient (Wildman–Crippen LogP) is 3.00. The second kappa shape index (κ2) is 4.33. The van der Waals surface area contributed by atoms with Gasteiger partial charge in [-0.3, -0.25) is 4.79 Å². The first-order valence-corrected chi connectivity index (χ1v) is 4.77. The molecule has 0 N–H and O–H groups in total. The number of carbonyl (C=O) groups is 1. The standard InChI is InChI=1S/C10H13NOS/c1-3-8(2)11-6-4-5-9(7-12)10(11)13/h4-8H,3H2,1-2H3. The summed E-state index contributed by atoms with van der Waals surface area (Å²) in [4.78, 5) is 10.6. The van der Waals surface area contributed by atoms with Crippen molar-refractivity contribution >= 4 is 18.5 Å². The minimum absolute atomic E-state index is 0.354. The van der Waals surface area contributed by atoms with Gasteiger partial charge in [-0.2, -0.15) is 0 Å². The van der Waals surface area contributed by atoms with Crippen LogP contribution in [0, 0.1) is 4.64 Å². The smallest absolute Gasteiger partial charge is 0.153 e. The minimum atomic E-state index is 0.354. The van der Waals surface area contributed by atoms with Crippen LogP contribution in [0.25, 0.3) is 0 Å². The van der Waals surface area contributed by atoms with Gasteiger partial charge >= 0.3 is 0 Å². The first-order chi connectivity index (χ1) is 6.20. The first kappa shape index (κ1) is 10.1. The fraction of sp³-hybridized carbons (Fsp3) is 0.400. The molecular formula is C10H13NOS. The van der Waals surface area contributed by atoms with Crippen molar-refractivity contribution in [3.8, 4) is 0 Å². The summed E-state index contributed by atoms with van der Waals surface area (Å²) in [5, 5.41) is 0. The Bertz CT molecular complexity index is 356. The summed E-state index contributed by atoms with van der Waals surface area (Å²) in [6.07, 6.45) is 3.74. The van der Waals surface area contributed by atoms with E-state index in [0.29, 0.717) is 16.2 Å². The average Bonchev–Trinajstić information content (AvgIpc) is 2.17. The molecule has 0 aromatic carbocycles. The zero-order valence-corrected chi connectivity index (χ0v) is 8.67. The Kier molecular flexibility index (Phi) is 3.37. The Hall–Kier alpha value is -0.960. The molecule has 0 saturated carbocycles. The van der Waals surface area contributed by atoms with Gasteiger partial charge in [0.25, 0.3) is 0 Å². The van der Waals surface area contributed by atoms with E-state index in [2.05, 4.69) is 13.8 Å². The van der Waals surface area contributed by atoms with E-state index in [1.54, 1.807) is 6.07 Å². The molecule has 0 amide bonds. The highest BCUT2D eigenvalue weighted by atomic mass is 32.1. The Labute approximate surface area is 83.2 Å². The minimum Gasteiger partial charge on any atom is -0.336 e. The van der Waals surface area contributed by atoms with E-state index in [9.17, 15) is 4.79 Å². The molecule has 0 aliphatic carbocycles. The molecule has 1 rings (SSSR count). The van der Waals surface area contributed by atoms with Crippen LogP contribution in [0.2, 0.25) is 0 Å². The first-order valence-electron chi connectivity index (χ1n) is 4.37. The van der Waals surface area contributed by atoms with Gasteiger partial charge in [0.15, 0.2) is 6.29 Å². The summed E-state index contributed by atoms with van der Waals surface area (Å²) in [5.41, 5.74) is 0.595. The third-order valence-electron chi connectivity index (χ3n) is 2.20. The molecule has 0 aliphatic heterocycles. The van der Waals surface area contributed by atoms with E-state index in [1.165, 1.54) is 0 Å². The lowest BCUT2D eigenvalue weighted by molar-refractivity contribution is 0.112. The lowest BCUT2D eigenvalue weighted by Gasteiger charge is -2.14. The number of hydrogen-bond donors (Lipinski definition) is 0. The molecule has 0 spiro atoms. The van der Waals surface area contributed by atoms with Crippen LogP contribution in [0.4, 0.5) is 0 Å². The highest BCUT2D eigenvalue weighted by Gasteiger charge is 2.03. The highest BCUT2D eigenvalue weighted by molar-refractivity contribution is 7.71. The van der Waals surface area contributed by atoms with Gasteiger partial charge in [-0.1, -0.05) is 19.1 Å². The van der Waals surface area contributed by atoms with Gasteiger partial charge < -0.3 is 4.57 Å². The fourth-order valence-corrected chi connectivity index (χ4v) is 1.52. The van der Waals surface area contributed by atoms with E-state index in [1.807, 2.05) is 16.8 Å². The van der Waals surface area contributed by atoms with Gasteiger partial charge in [0.1, 0.15) is 4.64 Å². The number of rotatable bonds is 3. The molecule has 1 aromatic rings. The normalized spacial score (nSPS) is 12.5. The molecule has 1 aromatic heterocycles. The number of nitrogens with zero attached hydrogens (tertiary/aromatic N) is 1. The van der Waals surface area contributed by atoms with Crippen LogP contribution >= 0.6 is 12.2 Å². The number of hydrogen-bond acceptors (Lipinski definition) is 2. The Morgan fingerprint density at radius 1 is 1.69 bits per heavy atom. The van der Waals surface area contributed by atoms with Crippen LogP contribution < -0.4 is 0 Å². The van der Waals surface area contributed by atoms with Crippen LogP contribution in [0.3, 0.4) is 0 Å². The van der Waals surface area contributed by atoms with Crippen molar-refractivity contribution in [2.75, 3.05) is 0 Å². The molecule has 1 heterocycles. The van der Waals surface area contributed by atoms with Gasteiger partial charge in [-0.05, 0) is 25.5 Å². The van der Waals surface area contributed by atoms with E-state index in [-0.39, 0.29) is 0 Å². The van der Waals surface area contributed by atoms with Crippen LogP contribution in [-0.4, -0.2) is 10.9 Å². The molecule has 0 fully saturated rings. The maximum atomic E-state index is 10.6. The molecule has 0 bridgehead atoms. The van der Waals surface area contributed by atoms with Crippen molar-refractivity contribution in [3.63, 3.8) is 0 Å². The fourth-order valence-electron chi connectivity index (χ4n) is 1.16. The van der Waals surface area contributed by atoms with E-state index in [0.717, 1.165) is 12.7 Å². The van der Waals surface area contributed by atoms with Crippen LogP contribution in [-0.2, 0) is 0 Å². The van der Waals surface area contributed by atoms with E-state index in [4.69, 9.17) is 12.2 Å². The molecule has 1 unspecified atom stereocenters. The topological polar surface area (TPSA) is 22.0 Å². The lowest BCUT2D eigenvalue weighted by Crippen LogP contribution is -2.06. The SMILES string of the molecule is CCC(C)n1cccc(C=O)c1=S. The second-order valence-electron chi connectivity index (χ2n) is 3.05. The number of pyridine rings is 1. The number of aldehydes is 1. The zero-order chi connectivity index (χ0) is 9.84. The summed E-state index contributed by atoms with van der Waals surface area (Å²) >= 11 is 5.17. The Balaban J connectivity index is 3.23. The highest BCUT2D eigenvalue weighted by Crippen LogP contribution is 2.12. The largest absolute Gasteiger partial charge is 0.336 e. The summed E-state index contributed by atoms with van der Waals surface area (Å²) in [7, 11) is 0. The summed E-state index contributed by atoms with van der Waals surface area (Å²) < 4.78 is 2.59. The average molecular weight is 195 g/mol. The molecule has 70 valence electrons. The molecule has 0 saturated heterocycles. The van der Waals surface area contributed by atoms with E-state index >= 15 is 0 Å². The van der Waals surface area contributed by atoms with Crippen molar-refractivity contribution in [2.24, 2.45) is 0 Å². The number of aromatic nitrogens is 1. The van der Waals surface area contributed by atoms with Gasteiger partial charge in [0.05, 0.1) is 0 Å². The molecule has 1 atom stereocenters. The van der Waals surface area contributed by atoms with Gasteiger partial charge in [0.2, 0.25) is 0 Å². The van der Waals surface area contributed by atoms with Gasteiger partial charge in [0, 0.05) is 17.8 Å². The molecule has 13 heavy (non-hydrogen) atoms. The summed E-state index contributed by atoms with van der Waals surface area (Å²) in [5.74, 6) is 0. The van der Waals surface area contributed by atoms with Crippen molar-refractivity contribution in [3.05, 3.63) is 28.5 Å². The van der Waals surface area contributed by atoms with Gasteiger partial charge in [-0.15, -0.1) is 0 Å². The maximum absolute atomic E-state index is 10.6. The third-order valence-corrected chi connectivity index (χ3v) is 2.64. The molecular weight excluding hydrogens is 182 g/mol. The lowest BCUT2D eigenvalue weighted by atomic mass is 10.2. The number of carbonyl (C=O) groups excluding carboxylic acids is 1. The van der Waals surface area contributed by atoms with Crippen molar-refractivity contribution < 1.29 is 4.79 Å². The van der Waals surface area contributed by atoms with E-state index < -0.39 is 0 Å². The second-order valence-corrected chi connectivity index (χ2v) is 3.44.